The number of carbonyl (C=O) groups excluding carboxylic acids is 1. The largest absolute Gasteiger partial charge is 0.461 e. The third-order valence-electron chi connectivity index (χ3n) is 4.29. The Balaban J connectivity index is 1.73. The first-order valence-electron chi connectivity index (χ1n) is 8.30. The molecule has 1 fully saturated rings. The van der Waals surface area contributed by atoms with Gasteiger partial charge in [0.2, 0.25) is 0 Å². The lowest BCUT2D eigenvalue weighted by Crippen LogP contribution is -2.34. The van der Waals surface area contributed by atoms with Gasteiger partial charge in [-0.25, -0.2) is 4.79 Å². The van der Waals surface area contributed by atoms with Crippen molar-refractivity contribution in [1.29, 1.82) is 0 Å². The van der Waals surface area contributed by atoms with Crippen molar-refractivity contribution in [3.8, 4) is 0 Å². The van der Waals surface area contributed by atoms with Crippen molar-refractivity contribution in [3.63, 3.8) is 0 Å². The molecule has 2 aromatic rings. The van der Waals surface area contributed by atoms with E-state index in [4.69, 9.17) is 9.15 Å². The Morgan fingerprint density at radius 3 is 3.08 bits per heavy atom. The van der Waals surface area contributed by atoms with Gasteiger partial charge in [0.25, 0.3) is 0 Å². The molecule has 0 unspecified atom stereocenters. The minimum absolute atomic E-state index is 0.0302. The summed E-state index contributed by atoms with van der Waals surface area (Å²) in [6, 6.07) is 3.71. The van der Waals surface area contributed by atoms with Crippen molar-refractivity contribution < 1.29 is 13.9 Å². The van der Waals surface area contributed by atoms with Crippen LogP contribution in [-0.4, -0.2) is 34.4 Å². The molecular formula is C17H24N4O3. The highest BCUT2D eigenvalue weighted by atomic mass is 16.5. The first kappa shape index (κ1) is 16.6. The maximum absolute atomic E-state index is 12.7. The minimum atomic E-state index is -0.107. The number of urea groups is 1. The lowest BCUT2D eigenvalue weighted by atomic mass is 10.2. The number of likely N-dealkylation sites (tertiary alicyclic amines) is 1. The highest BCUT2D eigenvalue weighted by Crippen LogP contribution is 2.33. The van der Waals surface area contributed by atoms with Crippen molar-refractivity contribution in [2.45, 2.75) is 38.8 Å². The molecule has 2 aromatic heterocycles. The van der Waals surface area contributed by atoms with E-state index in [1.54, 1.807) is 11.8 Å². The summed E-state index contributed by atoms with van der Waals surface area (Å²) in [5.74, 6) is 1.59. The first-order chi connectivity index (χ1) is 11.6. The quantitative estimate of drug-likeness (QED) is 0.913. The molecule has 0 spiro atoms. The van der Waals surface area contributed by atoms with E-state index in [9.17, 15) is 4.79 Å². The third-order valence-corrected chi connectivity index (χ3v) is 4.29. The topological polar surface area (TPSA) is 72.5 Å². The van der Waals surface area contributed by atoms with Gasteiger partial charge in [-0.05, 0) is 31.4 Å². The third kappa shape index (κ3) is 3.31. The van der Waals surface area contributed by atoms with Gasteiger partial charge >= 0.3 is 6.03 Å². The van der Waals surface area contributed by atoms with E-state index in [2.05, 4.69) is 10.4 Å². The lowest BCUT2D eigenvalue weighted by Gasteiger charge is -2.23. The SMILES string of the molecule is CCc1nn(C)cc1NC(=O)N1CCC[C@H]1c1ccc(COC)o1. The highest BCUT2D eigenvalue weighted by Gasteiger charge is 2.32. The summed E-state index contributed by atoms with van der Waals surface area (Å²) < 4.78 is 12.6. The van der Waals surface area contributed by atoms with Crippen LogP contribution in [0, 0.1) is 0 Å². The maximum atomic E-state index is 12.7. The summed E-state index contributed by atoms with van der Waals surface area (Å²) in [7, 11) is 3.49. The minimum Gasteiger partial charge on any atom is -0.461 e. The molecule has 0 aromatic carbocycles. The number of ether oxygens (including phenoxy) is 1. The zero-order valence-corrected chi connectivity index (χ0v) is 14.4. The van der Waals surface area contributed by atoms with E-state index in [1.165, 1.54) is 0 Å². The van der Waals surface area contributed by atoms with Gasteiger partial charge in [-0.2, -0.15) is 5.10 Å². The monoisotopic (exact) mass is 332 g/mol. The molecule has 1 aliphatic rings. The van der Waals surface area contributed by atoms with Crippen LogP contribution in [0.4, 0.5) is 10.5 Å². The number of hydrogen-bond acceptors (Lipinski definition) is 4. The van der Waals surface area contributed by atoms with Crippen molar-refractivity contribution in [1.82, 2.24) is 14.7 Å². The van der Waals surface area contributed by atoms with Gasteiger partial charge in [-0.3, -0.25) is 4.68 Å². The summed E-state index contributed by atoms with van der Waals surface area (Å²) in [6.45, 7) is 3.18. The fraction of sp³-hybridized carbons (Fsp3) is 0.529. The molecule has 0 aliphatic carbocycles. The Bertz CT molecular complexity index is 707. The van der Waals surface area contributed by atoms with Crippen LogP contribution in [0.2, 0.25) is 0 Å². The highest BCUT2D eigenvalue weighted by molar-refractivity contribution is 5.90. The van der Waals surface area contributed by atoms with Crippen LogP contribution in [0.1, 0.15) is 43.0 Å². The molecule has 24 heavy (non-hydrogen) atoms. The fourth-order valence-electron chi connectivity index (χ4n) is 3.19. The normalized spacial score (nSPS) is 17.5. The lowest BCUT2D eigenvalue weighted by molar-refractivity contribution is 0.157. The van der Waals surface area contributed by atoms with Gasteiger partial charge in [-0.1, -0.05) is 6.92 Å². The predicted molar refractivity (Wildman–Crippen MR) is 89.7 cm³/mol. The number of anilines is 1. The Labute approximate surface area is 141 Å². The Morgan fingerprint density at radius 2 is 2.33 bits per heavy atom. The van der Waals surface area contributed by atoms with Gasteiger partial charge in [0.05, 0.1) is 17.4 Å². The first-order valence-corrected chi connectivity index (χ1v) is 8.30. The van der Waals surface area contributed by atoms with Crippen LogP contribution >= 0.6 is 0 Å². The van der Waals surface area contributed by atoms with Gasteiger partial charge < -0.3 is 19.4 Å². The smallest absolute Gasteiger partial charge is 0.322 e. The summed E-state index contributed by atoms with van der Waals surface area (Å²) >= 11 is 0. The van der Waals surface area contributed by atoms with E-state index >= 15 is 0 Å². The zero-order valence-electron chi connectivity index (χ0n) is 14.4. The Morgan fingerprint density at radius 1 is 1.50 bits per heavy atom. The van der Waals surface area contributed by atoms with E-state index < -0.39 is 0 Å². The van der Waals surface area contributed by atoms with E-state index in [1.807, 2.05) is 37.2 Å². The number of aromatic nitrogens is 2. The Hall–Kier alpha value is -2.28. The number of nitrogens with one attached hydrogen (secondary N) is 1. The number of furan rings is 1. The molecule has 1 N–H and O–H groups in total. The molecule has 0 saturated carbocycles. The van der Waals surface area contributed by atoms with Gasteiger partial charge in [0.15, 0.2) is 0 Å². The second kappa shape index (κ2) is 7.09. The van der Waals surface area contributed by atoms with Crippen molar-refractivity contribution in [3.05, 3.63) is 35.5 Å². The van der Waals surface area contributed by atoms with Crippen LogP contribution in [0.25, 0.3) is 0 Å². The van der Waals surface area contributed by atoms with Crippen LogP contribution in [-0.2, 0) is 24.8 Å². The maximum Gasteiger partial charge on any atom is 0.322 e. The standard InChI is InChI=1S/C17H24N4O3/c1-4-13-14(10-20(2)19-13)18-17(22)21-9-5-6-15(21)16-8-7-12(24-16)11-23-3/h7-8,10,15H,4-6,9,11H2,1-3H3,(H,18,22)/t15-/m0/s1. The van der Waals surface area contributed by atoms with E-state index in [0.29, 0.717) is 6.61 Å². The molecule has 0 radical (unpaired) electrons. The molecule has 1 aliphatic heterocycles. The van der Waals surface area contributed by atoms with E-state index in [-0.39, 0.29) is 12.1 Å². The molecule has 7 heteroatoms. The molecule has 3 heterocycles. The molecule has 7 nitrogen and oxygen atoms in total. The molecule has 2 amide bonds. The van der Waals surface area contributed by atoms with Crippen LogP contribution < -0.4 is 5.32 Å². The van der Waals surface area contributed by atoms with Gasteiger partial charge in [0, 0.05) is 26.9 Å². The summed E-state index contributed by atoms with van der Waals surface area (Å²) in [4.78, 5) is 14.6. The van der Waals surface area contributed by atoms with Gasteiger partial charge in [-0.15, -0.1) is 0 Å². The van der Waals surface area contributed by atoms with Crippen LogP contribution in [0.5, 0.6) is 0 Å². The molecule has 130 valence electrons. The van der Waals surface area contributed by atoms with E-state index in [0.717, 1.165) is 48.7 Å². The molecule has 1 atom stereocenters. The average Bonchev–Trinajstić information content (AvgIpc) is 3.26. The molecule has 1 saturated heterocycles. The molecule has 3 rings (SSSR count). The number of rotatable bonds is 5. The predicted octanol–water partition coefficient (Wildman–Crippen LogP) is 3.09. The summed E-state index contributed by atoms with van der Waals surface area (Å²) in [5.41, 5.74) is 1.66. The van der Waals surface area contributed by atoms with Crippen LogP contribution in [0.3, 0.4) is 0 Å². The molecule has 0 bridgehead atoms. The average molecular weight is 332 g/mol. The number of carbonyl (C=O) groups is 1. The van der Waals surface area contributed by atoms with Crippen molar-refractivity contribution in [2.24, 2.45) is 7.05 Å². The second-order valence-corrected chi connectivity index (χ2v) is 6.04. The summed E-state index contributed by atoms with van der Waals surface area (Å²) in [6.07, 6.45) is 4.48. The fourth-order valence-corrected chi connectivity index (χ4v) is 3.19. The number of hydrogen-bond donors (Lipinski definition) is 1. The number of methoxy groups -OCH3 is 1. The van der Waals surface area contributed by atoms with Crippen LogP contribution in [0.15, 0.2) is 22.7 Å². The molecular weight excluding hydrogens is 308 g/mol. The number of amides is 2. The zero-order chi connectivity index (χ0) is 17.1. The van der Waals surface area contributed by atoms with Crippen molar-refractivity contribution in [2.75, 3.05) is 19.0 Å². The Kier molecular flexibility index (Phi) is 4.89. The van der Waals surface area contributed by atoms with Gasteiger partial charge in [0.1, 0.15) is 18.1 Å². The number of nitrogens with zero attached hydrogens (tertiary/aromatic N) is 3. The second-order valence-electron chi connectivity index (χ2n) is 6.04. The van der Waals surface area contributed by atoms with Crippen molar-refractivity contribution >= 4 is 11.7 Å². The number of aryl methyl sites for hydroxylation is 2. The summed E-state index contributed by atoms with van der Waals surface area (Å²) in [5, 5.41) is 7.35.